The number of nitrogens with one attached hydrogen (secondary N) is 1. The minimum atomic E-state index is -0.332. The van der Waals surface area contributed by atoms with Crippen molar-refractivity contribution in [1.82, 2.24) is 10.3 Å². The molecule has 0 spiro atoms. The summed E-state index contributed by atoms with van der Waals surface area (Å²) in [5.41, 5.74) is 0.368. The zero-order valence-electron chi connectivity index (χ0n) is 8.77. The highest BCUT2D eigenvalue weighted by Crippen LogP contribution is 2.28. The van der Waals surface area contributed by atoms with Crippen LogP contribution in [0.2, 0.25) is 5.02 Å². The first-order valence-electron chi connectivity index (χ1n) is 5.17. The second-order valence-electron chi connectivity index (χ2n) is 3.81. The van der Waals surface area contributed by atoms with Gasteiger partial charge in [0.05, 0.1) is 24.6 Å². The van der Waals surface area contributed by atoms with E-state index in [1.54, 1.807) is 18.3 Å². The van der Waals surface area contributed by atoms with Crippen molar-refractivity contribution in [3.63, 3.8) is 0 Å². The Morgan fingerprint density at radius 1 is 1.53 bits per heavy atom. The Balaban J connectivity index is 1.93. The van der Waals surface area contributed by atoms with Crippen molar-refractivity contribution in [3.8, 4) is 0 Å². The second kappa shape index (κ2) is 4.01. The minimum absolute atomic E-state index is 0.0414. The Morgan fingerprint density at radius 2 is 2.35 bits per heavy atom. The number of hydrogen-bond donors (Lipinski definition) is 1. The summed E-state index contributed by atoms with van der Waals surface area (Å²) in [6, 6.07) is 3.54. The molecule has 0 aromatic carbocycles. The van der Waals surface area contributed by atoms with Crippen molar-refractivity contribution < 1.29 is 13.9 Å². The highest BCUT2D eigenvalue weighted by atomic mass is 35.5. The summed E-state index contributed by atoms with van der Waals surface area (Å²) in [7, 11) is 0. The average molecular weight is 253 g/mol. The summed E-state index contributed by atoms with van der Waals surface area (Å²) in [6.45, 7) is 1.06. The molecular formula is C11H9ClN2O3. The van der Waals surface area contributed by atoms with Crippen LogP contribution in [0.25, 0.3) is 11.1 Å². The highest BCUT2D eigenvalue weighted by molar-refractivity contribution is 6.38. The van der Waals surface area contributed by atoms with E-state index in [2.05, 4.69) is 10.3 Å². The molecule has 17 heavy (non-hydrogen) atoms. The largest absolute Gasteiger partial charge is 0.431 e. The molecule has 1 aliphatic heterocycles. The summed E-state index contributed by atoms with van der Waals surface area (Å²) in [5.74, 6) is -0.228. The van der Waals surface area contributed by atoms with Crippen molar-refractivity contribution in [1.29, 1.82) is 0 Å². The Labute approximate surface area is 102 Å². The number of pyridine rings is 1. The number of carbonyl (C=O) groups excluding carboxylic acids is 1. The van der Waals surface area contributed by atoms with Crippen LogP contribution in [0.4, 0.5) is 0 Å². The molecule has 3 heterocycles. The fraction of sp³-hybridized carbons (Fsp3) is 0.273. The lowest BCUT2D eigenvalue weighted by molar-refractivity contribution is -0.00387. The van der Waals surface area contributed by atoms with Crippen molar-refractivity contribution in [2.75, 3.05) is 13.2 Å². The van der Waals surface area contributed by atoms with Gasteiger partial charge in [0.2, 0.25) is 11.5 Å². The van der Waals surface area contributed by atoms with Gasteiger partial charge < -0.3 is 14.5 Å². The van der Waals surface area contributed by atoms with Crippen LogP contribution in [0.15, 0.2) is 22.7 Å². The maximum atomic E-state index is 11.9. The van der Waals surface area contributed by atoms with Gasteiger partial charge in [0, 0.05) is 6.20 Å². The number of nitrogens with zero attached hydrogens (tertiary/aromatic N) is 1. The van der Waals surface area contributed by atoms with Gasteiger partial charge in [0.15, 0.2) is 0 Å². The zero-order valence-corrected chi connectivity index (χ0v) is 9.53. The number of furan rings is 1. The van der Waals surface area contributed by atoms with E-state index in [1.807, 2.05) is 0 Å². The van der Waals surface area contributed by atoms with E-state index >= 15 is 0 Å². The van der Waals surface area contributed by atoms with E-state index in [4.69, 9.17) is 20.8 Å². The van der Waals surface area contributed by atoms with Crippen LogP contribution in [-0.2, 0) is 4.74 Å². The Bertz CT molecular complexity index is 577. The molecule has 0 saturated carbocycles. The zero-order chi connectivity index (χ0) is 11.8. The molecule has 2 aromatic rings. The lowest BCUT2D eigenvalue weighted by Gasteiger charge is -2.26. The van der Waals surface area contributed by atoms with E-state index in [0.29, 0.717) is 29.3 Å². The third-order valence-electron chi connectivity index (χ3n) is 2.59. The van der Waals surface area contributed by atoms with Crippen LogP contribution in [-0.4, -0.2) is 30.1 Å². The number of hydrogen-bond acceptors (Lipinski definition) is 4. The van der Waals surface area contributed by atoms with Crippen LogP contribution in [0, 0.1) is 0 Å². The molecule has 1 amide bonds. The van der Waals surface area contributed by atoms with E-state index in [-0.39, 0.29) is 17.7 Å². The van der Waals surface area contributed by atoms with Crippen LogP contribution in [0.1, 0.15) is 10.6 Å². The van der Waals surface area contributed by atoms with Gasteiger partial charge in [-0.25, -0.2) is 4.98 Å². The summed E-state index contributed by atoms with van der Waals surface area (Å²) in [5, 5.41) is 3.70. The second-order valence-corrected chi connectivity index (χ2v) is 4.19. The summed E-state index contributed by atoms with van der Waals surface area (Å²) in [6.07, 6.45) is 1.59. The Hall–Kier alpha value is -1.59. The van der Waals surface area contributed by atoms with Gasteiger partial charge in [-0.15, -0.1) is 0 Å². The molecule has 0 atom stereocenters. The normalized spacial score (nSPS) is 15.8. The van der Waals surface area contributed by atoms with E-state index in [9.17, 15) is 4.79 Å². The molecule has 6 heteroatoms. The molecular weight excluding hydrogens is 244 g/mol. The molecule has 1 fully saturated rings. The quantitative estimate of drug-likeness (QED) is 0.882. The van der Waals surface area contributed by atoms with Gasteiger partial charge in [-0.2, -0.15) is 0 Å². The first-order chi connectivity index (χ1) is 8.25. The smallest absolute Gasteiger partial charge is 0.289 e. The molecule has 5 nitrogen and oxygen atoms in total. The summed E-state index contributed by atoms with van der Waals surface area (Å²) < 4.78 is 10.3. The van der Waals surface area contributed by atoms with Crippen LogP contribution in [0.3, 0.4) is 0 Å². The first-order valence-corrected chi connectivity index (χ1v) is 5.55. The maximum absolute atomic E-state index is 11.9. The molecule has 0 bridgehead atoms. The Morgan fingerprint density at radius 3 is 3.00 bits per heavy atom. The molecule has 1 saturated heterocycles. The predicted octanol–water partition coefficient (Wildman–Crippen LogP) is 1.61. The molecule has 1 aliphatic rings. The average Bonchev–Trinajstić information content (AvgIpc) is 2.62. The highest BCUT2D eigenvalue weighted by Gasteiger charge is 2.25. The summed E-state index contributed by atoms with van der Waals surface area (Å²) in [4.78, 5) is 15.9. The van der Waals surface area contributed by atoms with Gasteiger partial charge in [0.25, 0.3) is 5.91 Å². The number of rotatable bonds is 2. The van der Waals surface area contributed by atoms with Gasteiger partial charge >= 0.3 is 0 Å². The van der Waals surface area contributed by atoms with Crippen LogP contribution >= 0.6 is 11.6 Å². The molecule has 0 aliphatic carbocycles. The van der Waals surface area contributed by atoms with Crippen molar-refractivity contribution in [3.05, 3.63) is 29.1 Å². The molecule has 3 rings (SSSR count). The third kappa shape index (κ3) is 1.77. The van der Waals surface area contributed by atoms with E-state index in [1.165, 1.54) is 0 Å². The van der Waals surface area contributed by atoms with Crippen molar-refractivity contribution >= 4 is 28.6 Å². The van der Waals surface area contributed by atoms with Crippen LogP contribution in [0.5, 0.6) is 0 Å². The van der Waals surface area contributed by atoms with Crippen molar-refractivity contribution in [2.24, 2.45) is 0 Å². The van der Waals surface area contributed by atoms with Gasteiger partial charge in [-0.1, -0.05) is 11.6 Å². The number of halogens is 1. The topological polar surface area (TPSA) is 64.4 Å². The van der Waals surface area contributed by atoms with Gasteiger partial charge in [-0.3, -0.25) is 4.79 Å². The predicted molar refractivity (Wildman–Crippen MR) is 61.1 cm³/mol. The molecule has 88 valence electrons. The fourth-order valence-corrected chi connectivity index (χ4v) is 1.89. The Kier molecular flexibility index (Phi) is 2.49. The minimum Gasteiger partial charge on any atom is -0.431 e. The SMILES string of the molecule is O=C(NC1COC1)c1oc2ncccc2c1Cl. The van der Waals surface area contributed by atoms with Gasteiger partial charge in [0.1, 0.15) is 5.02 Å². The summed E-state index contributed by atoms with van der Waals surface area (Å²) >= 11 is 6.07. The standard InChI is InChI=1S/C11H9ClN2O3/c12-8-7-2-1-3-13-11(7)17-9(8)10(15)14-6-4-16-5-6/h1-3,6H,4-5H2,(H,14,15). The lowest BCUT2D eigenvalue weighted by Crippen LogP contribution is -2.48. The number of fused-ring (bicyclic) bond motifs is 1. The van der Waals surface area contributed by atoms with E-state index < -0.39 is 0 Å². The third-order valence-corrected chi connectivity index (χ3v) is 2.96. The first kappa shape index (κ1) is 10.6. The molecule has 0 unspecified atom stereocenters. The van der Waals surface area contributed by atoms with E-state index in [0.717, 1.165) is 0 Å². The molecule has 0 radical (unpaired) electrons. The maximum Gasteiger partial charge on any atom is 0.289 e. The molecule has 2 aromatic heterocycles. The van der Waals surface area contributed by atoms with Crippen LogP contribution < -0.4 is 5.32 Å². The number of aromatic nitrogens is 1. The fourth-order valence-electron chi connectivity index (χ4n) is 1.62. The number of ether oxygens (including phenoxy) is 1. The monoisotopic (exact) mass is 252 g/mol. The van der Waals surface area contributed by atoms with Crippen molar-refractivity contribution in [2.45, 2.75) is 6.04 Å². The number of carbonyl (C=O) groups is 1. The number of amides is 1. The molecule has 1 N–H and O–H groups in total. The van der Waals surface area contributed by atoms with Gasteiger partial charge in [-0.05, 0) is 12.1 Å². The lowest BCUT2D eigenvalue weighted by atomic mass is 10.2.